The van der Waals surface area contributed by atoms with Gasteiger partial charge in [-0.05, 0) is 35.9 Å². The fraction of sp³-hybridized carbons (Fsp3) is 0.188. The van der Waals surface area contributed by atoms with Gasteiger partial charge in [0.1, 0.15) is 0 Å². The summed E-state index contributed by atoms with van der Waals surface area (Å²) in [4.78, 5) is 11.8. The second-order valence-electron chi connectivity index (χ2n) is 5.23. The Labute approximate surface area is 152 Å². The smallest absolute Gasteiger partial charge is 0.334 e. The van der Waals surface area contributed by atoms with Crippen LogP contribution >= 0.6 is 15.9 Å². The molecule has 0 saturated carbocycles. The van der Waals surface area contributed by atoms with Crippen LogP contribution < -0.4 is 10.6 Å². The van der Waals surface area contributed by atoms with E-state index < -0.39 is 35.2 Å². The molecular formula is C16H11BrF6N2O. The summed E-state index contributed by atoms with van der Waals surface area (Å²) in [6.45, 7) is 0.0381. The maximum atomic E-state index is 12.8. The third kappa shape index (κ3) is 5.65. The Bertz CT molecular complexity index is 772. The molecule has 10 heteroatoms. The van der Waals surface area contributed by atoms with Gasteiger partial charge in [0, 0.05) is 16.7 Å². The van der Waals surface area contributed by atoms with Gasteiger partial charge in [-0.1, -0.05) is 28.1 Å². The van der Waals surface area contributed by atoms with E-state index in [4.69, 9.17) is 0 Å². The van der Waals surface area contributed by atoms with Gasteiger partial charge in [-0.2, -0.15) is 26.3 Å². The molecule has 0 fully saturated rings. The van der Waals surface area contributed by atoms with Crippen molar-refractivity contribution in [2.75, 3.05) is 5.32 Å². The average molecular weight is 441 g/mol. The van der Waals surface area contributed by atoms with Crippen molar-refractivity contribution >= 4 is 27.6 Å². The lowest BCUT2D eigenvalue weighted by atomic mass is 10.1. The monoisotopic (exact) mass is 440 g/mol. The predicted octanol–water partition coefficient (Wildman–Crippen LogP) is 5.81. The van der Waals surface area contributed by atoms with E-state index in [2.05, 4.69) is 21.2 Å². The van der Waals surface area contributed by atoms with Crippen molar-refractivity contribution in [1.29, 1.82) is 0 Å². The summed E-state index contributed by atoms with van der Waals surface area (Å²) in [5, 5.41) is 4.35. The third-order valence-electron chi connectivity index (χ3n) is 3.19. The van der Waals surface area contributed by atoms with Crippen molar-refractivity contribution in [3.63, 3.8) is 0 Å². The highest BCUT2D eigenvalue weighted by molar-refractivity contribution is 9.10. The van der Waals surface area contributed by atoms with Crippen LogP contribution in [0.4, 0.5) is 36.8 Å². The zero-order valence-electron chi connectivity index (χ0n) is 12.8. The molecular weight excluding hydrogens is 430 g/mol. The molecule has 3 nitrogen and oxygen atoms in total. The van der Waals surface area contributed by atoms with E-state index in [1.807, 2.05) is 5.32 Å². The Morgan fingerprint density at radius 2 is 1.50 bits per heavy atom. The van der Waals surface area contributed by atoms with Gasteiger partial charge in [0.25, 0.3) is 0 Å². The number of benzene rings is 2. The average Bonchev–Trinajstić information content (AvgIpc) is 2.51. The van der Waals surface area contributed by atoms with Crippen molar-refractivity contribution in [2.24, 2.45) is 0 Å². The Balaban J connectivity index is 2.15. The summed E-state index contributed by atoms with van der Waals surface area (Å²) in [7, 11) is 0. The number of anilines is 1. The number of hydrogen-bond donors (Lipinski definition) is 2. The number of carbonyl (C=O) groups excluding carboxylic acids is 1. The van der Waals surface area contributed by atoms with Crippen LogP contribution in [0.25, 0.3) is 0 Å². The van der Waals surface area contributed by atoms with Gasteiger partial charge in [0.15, 0.2) is 0 Å². The molecule has 26 heavy (non-hydrogen) atoms. The number of hydrogen-bond acceptors (Lipinski definition) is 1. The largest absolute Gasteiger partial charge is 0.416 e. The molecule has 0 aliphatic carbocycles. The van der Waals surface area contributed by atoms with Gasteiger partial charge in [-0.3, -0.25) is 0 Å². The van der Waals surface area contributed by atoms with Crippen LogP contribution in [0.5, 0.6) is 0 Å². The lowest BCUT2D eigenvalue weighted by Gasteiger charge is -2.15. The molecule has 140 valence electrons. The number of amides is 2. The standard InChI is InChI=1S/C16H11BrF6N2O/c17-12-3-1-2-9(4-12)8-24-14(26)25-13-6-10(15(18,19)20)5-11(7-13)16(21,22)23/h1-7H,8H2,(H2,24,25,26). The predicted molar refractivity (Wildman–Crippen MR) is 86.4 cm³/mol. The van der Waals surface area contributed by atoms with Crippen molar-refractivity contribution < 1.29 is 31.1 Å². The van der Waals surface area contributed by atoms with Crippen LogP contribution in [-0.2, 0) is 18.9 Å². The van der Waals surface area contributed by atoms with E-state index in [1.165, 1.54) is 0 Å². The van der Waals surface area contributed by atoms with Crippen LogP contribution in [0.2, 0.25) is 0 Å². The minimum atomic E-state index is -4.98. The van der Waals surface area contributed by atoms with Crippen molar-refractivity contribution in [3.05, 3.63) is 63.6 Å². The summed E-state index contributed by atoms with van der Waals surface area (Å²) in [6, 6.07) is 6.79. The maximum absolute atomic E-state index is 12.8. The lowest BCUT2D eigenvalue weighted by molar-refractivity contribution is -0.143. The first-order chi connectivity index (χ1) is 11.9. The fourth-order valence-electron chi connectivity index (χ4n) is 2.03. The molecule has 0 saturated heterocycles. The van der Waals surface area contributed by atoms with Crippen LogP contribution in [0.15, 0.2) is 46.9 Å². The molecule has 2 amide bonds. The minimum absolute atomic E-state index is 0.00934. The number of nitrogens with one attached hydrogen (secondary N) is 2. The Morgan fingerprint density at radius 1 is 0.923 bits per heavy atom. The molecule has 0 heterocycles. The zero-order chi connectivity index (χ0) is 19.5. The maximum Gasteiger partial charge on any atom is 0.416 e. The molecule has 0 bridgehead atoms. The molecule has 0 aliphatic rings. The van der Waals surface area contributed by atoms with Crippen molar-refractivity contribution in [3.8, 4) is 0 Å². The van der Waals surface area contributed by atoms with E-state index in [-0.39, 0.29) is 12.6 Å². The van der Waals surface area contributed by atoms with Gasteiger partial charge in [0.05, 0.1) is 11.1 Å². The molecule has 0 unspecified atom stereocenters. The van der Waals surface area contributed by atoms with E-state index >= 15 is 0 Å². The minimum Gasteiger partial charge on any atom is -0.334 e. The summed E-state index contributed by atoms with van der Waals surface area (Å²) >= 11 is 3.23. The number of rotatable bonds is 3. The highest BCUT2D eigenvalue weighted by Gasteiger charge is 2.37. The Hall–Kier alpha value is -2.23. The molecule has 0 spiro atoms. The molecule has 2 N–H and O–H groups in total. The van der Waals surface area contributed by atoms with Gasteiger partial charge >= 0.3 is 18.4 Å². The number of alkyl halides is 6. The fourth-order valence-corrected chi connectivity index (χ4v) is 2.48. The number of urea groups is 1. The normalized spacial score (nSPS) is 12.0. The van der Waals surface area contributed by atoms with E-state index in [0.717, 1.165) is 4.47 Å². The topological polar surface area (TPSA) is 41.1 Å². The highest BCUT2D eigenvalue weighted by atomic mass is 79.9. The summed E-state index contributed by atoms with van der Waals surface area (Å²) in [5.41, 5.74) is -2.93. The Kier molecular flexibility index (Phi) is 5.84. The van der Waals surface area contributed by atoms with E-state index in [1.54, 1.807) is 24.3 Å². The number of carbonyl (C=O) groups is 1. The molecule has 2 rings (SSSR count). The quantitative estimate of drug-likeness (QED) is 0.581. The van der Waals surface area contributed by atoms with Crippen molar-refractivity contribution in [2.45, 2.75) is 18.9 Å². The van der Waals surface area contributed by atoms with Crippen LogP contribution in [0, 0.1) is 0 Å². The van der Waals surface area contributed by atoms with Gasteiger partial charge in [-0.15, -0.1) is 0 Å². The first-order valence-corrected chi connectivity index (χ1v) is 7.83. The molecule has 2 aromatic carbocycles. The molecule has 0 aliphatic heterocycles. The Morgan fingerprint density at radius 3 is 2.00 bits per heavy atom. The number of halogens is 7. The molecule has 0 aromatic heterocycles. The summed E-state index contributed by atoms with van der Waals surface area (Å²) < 4.78 is 77.4. The van der Waals surface area contributed by atoms with Crippen LogP contribution in [0.1, 0.15) is 16.7 Å². The summed E-state index contributed by atoms with van der Waals surface area (Å²) in [5.74, 6) is 0. The van der Waals surface area contributed by atoms with Gasteiger partial charge in [-0.25, -0.2) is 4.79 Å². The SMILES string of the molecule is O=C(NCc1cccc(Br)c1)Nc1cc(C(F)(F)F)cc(C(F)(F)F)c1. The molecule has 0 atom stereocenters. The lowest BCUT2D eigenvalue weighted by Crippen LogP contribution is -2.28. The molecule has 2 aromatic rings. The van der Waals surface area contributed by atoms with E-state index in [9.17, 15) is 31.1 Å². The second-order valence-corrected chi connectivity index (χ2v) is 6.15. The summed E-state index contributed by atoms with van der Waals surface area (Å²) in [6.07, 6.45) is -9.96. The van der Waals surface area contributed by atoms with Crippen LogP contribution in [0.3, 0.4) is 0 Å². The van der Waals surface area contributed by atoms with Gasteiger partial charge < -0.3 is 10.6 Å². The van der Waals surface area contributed by atoms with E-state index in [0.29, 0.717) is 17.7 Å². The first kappa shape index (κ1) is 20.1. The zero-order valence-corrected chi connectivity index (χ0v) is 14.4. The van der Waals surface area contributed by atoms with Crippen LogP contribution in [-0.4, -0.2) is 6.03 Å². The third-order valence-corrected chi connectivity index (χ3v) is 3.68. The molecule has 0 radical (unpaired) electrons. The first-order valence-electron chi connectivity index (χ1n) is 7.04. The van der Waals surface area contributed by atoms with Gasteiger partial charge in [0.2, 0.25) is 0 Å². The highest BCUT2D eigenvalue weighted by Crippen LogP contribution is 2.37. The second kappa shape index (κ2) is 7.56. The van der Waals surface area contributed by atoms with Crippen molar-refractivity contribution in [1.82, 2.24) is 5.32 Å².